The summed E-state index contributed by atoms with van der Waals surface area (Å²) < 4.78 is 27.6. The van der Waals surface area contributed by atoms with E-state index >= 15 is 0 Å². The highest BCUT2D eigenvalue weighted by Crippen LogP contribution is 2.19. The molecule has 2 rings (SSSR count). The van der Waals surface area contributed by atoms with Crippen molar-refractivity contribution in [2.24, 2.45) is 7.05 Å². The molecule has 0 bridgehead atoms. The van der Waals surface area contributed by atoms with Gasteiger partial charge in [-0.2, -0.15) is 5.10 Å². The Morgan fingerprint density at radius 3 is 2.50 bits per heavy atom. The van der Waals surface area contributed by atoms with Gasteiger partial charge in [0.05, 0.1) is 17.1 Å². The number of nitrogens with one attached hydrogen (secondary N) is 1. The highest BCUT2D eigenvalue weighted by atomic mass is 19.2. The molecular weight excluding hydrogens is 236 g/mol. The fourth-order valence-electron chi connectivity index (χ4n) is 1.87. The Bertz CT molecular complexity index is 576. The molecule has 0 atom stereocenters. The van der Waals surface area contributed by atoms with Crippen LogP contribution in [0, 0.1) is 25.5 Å². The number of benzene rings is 1. The molecule has 0 saturated carbocycles. The van der Waals surface area contributed by atoms with Gasteiger partial charge in [-0.05, 0) is 31.5 Å². The summed E-state index contributed by atoms with van der Waals surface area (Å²) in [5.41, 5.74) is 3.52. The summed E-state index contributed by atoms with van der Waals surface area (Å²) in [5.74, 6) is -1.65. The molecule has 5 heteroatoms. The van der Waals surface area contributed by atoms with E-state index in [9.17, 15) is 8.78 Å². The van der Waals surface area contributed by atoms with Gasteiger partial charge in [0.25, 0.3) is 0 Å². The Balaban J connectivity index is 2.14. The minimum atomic E-state index is -0.826. The van der Waals surface area contributed by atoms with E-state index in [-0.39, 0.29) is 0 Å². The molecule has 0 fully saturated rings. The zero-order valence-electron chi connectivity index (χ0n) is 10.6. The van der Waals surface area contributed by atoms with Gasteiger partial charge in [0.1, 0.15) is 0 Å². The number of aryl methyl sites for hydroxylation is 2. The van der Waals surface area contributed by atoms with Gasteiger partial charge in [-0.3, -0.25) is 4.68 Å². The fourth-order valence-corrected chi connectivity index (χ4v) is 1.87. The van der Waals surface area contributed by atoms with Crippen molar-refractivity contribution in [1.82, 2.24) is 9.78 Å². The predicted octanol–water partition coefficient (Wildman–Crippen LogP) is 2.93. The normalized spacial score (nSPS) is 10.7. The first kappa shape index (κ1) is 12.5. The first-order valence-electron chi connectivity index (χ1n) is 5.67. The van der Waals surface area contributed by atoms with Crippen LogP contribution in [0.3, 0.4) is 0 Å². The van der Waals surface area contributed by atoms with Crippen molar-refractivity contribution < 1.29 is 8.78 Å². The van der Waals surface area contributed by atoms with Crippen LogP contribution in [-0.2, 0) is 13.6 Å². The Morgan fingerprint density at radius 2 is 1.94 bits per heavy atom. The van der Waals surface area contributed by atoms with Gasteiger partial charge in [0.2, 0.25) is 0 Å². The molecule has 1 N–H and O–H groups in total. The van der Waals surface area contributed by atoms with Crippen molar-refractivity contribution in [3.05, 3.63) is 46.8 Å². The molecule has 1 aromatic carbocycles. The van der Waals surface area contributed by atoms with Gasteiger partial charge in [-0.25, -0.2) is 8.78 Å². The molecule has 0 aliphatic heterocycles. The van der Waals surface area contributed by atoms with E-state index < -0.39 is 11.6 Å². The van der Waals surface area contributed by atoms with Crippen molar-refractivity contribution in [3.8, 4) is 0 Å². The first-order valence-corrected chi connectivity index (χ1v) is 5.67. The standard InChI is InChI=1S/C13H15F2N3/c1-8-13(9(2)18(3)17-8)16-7-10-4-5-11(14)12(15)6-10/h4-6,16H,7H2,1-3H3. The summed E-state index contributed by atoms with van der Waals surface area (Å²) in [4.78, 5) is 0. The molecule has 2 aromatic rings. The predicted molar refractivity (Wildman–Crippen MR) is 66.4 cm³/mol. The minimum Gasteiger partial charge on any atom is -0.378 e. The molecule has 0 aliphatic rings. The third kappa shape index (κ3) is 2.34. The molecule has 0 aliphatic carbocycles. The van der Waals surface area contributed by atoms with Crippen LogP contribution in [0.25, 0.3) is 0 Å². The molecule has 0 spiro atoms. The Morgan fingerprint density at radius 1 is 1.22 bits per heavy atom. The topological polar surface area (TPSA) is 29.9 Å². The van der Waals surface area contributed by atoms with Crippen LogP contribution >= 0.6 is 0 Å². The third-order valence-corrected chi connectivity index (χ3v) is 2.96. The van der Waals surface area contributed by atoms with Gasteiger partial charge in [0.15, 0.2) is 11.6 Å². The fraction of sp³-hybridized carbons (Fsp3) is 0.308. The Labute approximate surface area is 104 Å². The van der Waals surface area contributed by atoms with Crippen LogP contribution in [0.1, 0.15) is 17.0 Å². The van der Waals surface area contributed by atoms with E-state index in [2.05, 4.69) is 10.4 Å². The average molecular weight is 251 g/mol. The van der Waals surface area contributed by atoms with Crippen molar-refractivity contribution >= 4 is 5.69 Å². The number of aromatic nitrogens is 2. The number of rotatable bonds is 3. The number of anilines is 1. The van der Waals surface area contributed by atoms with Crippen LogP contribution in [-0.4, -0.2) is 9.78 Å². The quantitative estimate of drug-likeness (QED) is 0.909. The number of halogens is 2. The monoisotopic (exact) mass is 251 g/mol. The van der Waals surface area contributed by atoms with Gasteiger partial charge in [0, 0.05) is 13.6 Å². The second kappa shape index (κ2) is 4.76. The summed E-state index contributed by atoms with van der Waals surface area (Å²) in [6.07, 6.45) is 0. The molecule has 18 heavy (non-hydrogen) atoms. The molecular formula is C13H15F2N3. The molecule has 0 radical (unpaired) electrons. The van der Waals surface area contributed by atoms with E-state index in [4.69, 9.17) is 0 Å². The maximum absolute atomic E-state index is 13.0. The van der Waals surface area contributed by atoms with Gasteiger partial charge < -0.3 is 5.32 Å². The van der Waals surface area contributed by atoms with E-state index in [0.717, 1.165) is 23.1 Å². The van der Waals surface area contributed by atoms with Crippen molar-refractivity contribution in [2.45, 2.75) is 20.4 Å². The summed E-state index contributed by atoms with van der Waals surface area (Å²) in [7, 11) is 1.87. The average Bonchev–Trinajstić information content (AvgIpc) is 2.56. The molecule has 3 nitrogen and oxygen atoms in total. The molecule has 0 saturated heterocycles. The lowest BCUT2D eigenvalue weighted by atomic mass is 10.2. The maximum atomic E-state index is 13.0. The second-order valence-electron chi connectivity index (χ2n) is 4.27. The van der Waals surface area contributed by atoms with Crippen LogP contribution < -0.4 is 5.32 Å². The first-order chi connectivity index (χ1) is 8.49. The molecule has 1 heterocycles. The van der Waals surface area contributed by atoms with Crippen molar-refractivity contribution in [3.63, 3.8) is 0 Å². The maximum Gasteiger partial charge on any atom is 0.159 e. The summed E-state index contributed by atoms with van der Waals surface area (Å²) in [6.45, 7) is 4.29. The SMILES string of the molecule is Cc1nn(C)c(C)c1NCc1ccc(F)c(F)c1. The largest absolute Gasteiger partial charge is 0.378 e. The van der Waals surface area contributed by atoms with E-state index in [1.807, 2.05) is 20.9 Å². The zero-order valence-corrected chi connectivity index (χ0v) is 10.6. The lowest BCUT2D eigenvalue weighted by molar-refractivity contribution is 0.507. The minimum absolute atomic E-state index is 0.435. The number of hydrogen-bond donors (Lipinski definition) is 1. The lowest BCUT2D eigenvalue weighted by Crippen LogP contribution is -2.02. The van der Waals surface area contributed by atoms with Gasteiger partial charge >= 0.3 is 0 Å². The smallest absolute Gasteiger partial charge is 0.159 e. The Kier molecular flexibility index (Phi) is 3.32. The van der Waals surface area contributed by atoms with Crippen LogP contribution in [0.4, 0.5) is 14.5 Å². The van der Waals surface area contributed by atoms with Crippen molar-refractivity contribution in [1.29, 1.82) is 0 Å². The molecule has 0 amide bonds. The molecule has 96 valence electrons. The van der Waals surface area contributed by atoms with Crippen LogP contribution in [0.2, 0.25) is 0 Å². The highest BCUT2D eigenvalue weighted by molar-refractivity contribution is 5.52. The van der Waals surface area contributed by atoms with Gasteiger partial charge in [-0.1, -0.05) is 6.07 Å². The van der Waals surface area contributed by atoms with E-state index in [1.54, 1.807) is 10.7 Å². The van der Waals surface area contributed by atoms with E-state index in [1.165, 1.54) is 6.07 Å². The van der Waals surface area contributed by atoms with E-state index in [0.29, 0.717) is 12.1 Å². The summed E-state index contributed by atoms with van der Waals surface area (Å²) in [6, 6.07) is 3.89. The van der Waals surface area contributed by atoms with Crippen LogP contribution in [0.5, 0.6) is 0 Å². The number of hydrogen-bond acceptors (Lipinski definition) is 2. The van der Waals surface area contributed by atoms with Crippen molar-refractivity contribution in [2.75, 3.05) is 5.32 Å². The summed E-state index contributed by atoms with van der Waals surface area (Å²) >= 11 is 0. The number of nitrogens with zero attached hydrogens (tertiary/aromatic N) is 2. The third-order valence-electron chi connectivity index (χ3n) is 2.96. The second-order valence-corrected chi connectivity index (χ2v) is 4.27. The molecule has 0 unspecified atom stereocenters. The molecule has 1 aromatic heterocycles. The highest BCUT2D eigenvalue weighted by Gasteiger charge is 2.09. The summed E-state index contributed by atoms with van der Waals surface area (Å²) in [5, 5.41) is 7.47. The Hall–Kier alpha value is -1.91. The van der Waals surface area contributed by atoms with Crippen LogP contribution in [0.15, 0.2) is 18.2 Å². The zero-order chi connectivity index (χ0) is 13.3. The van der Waals surface area contributed by atoms with Gasteiger partial charge in [-0.15, -0.1) is 0 Å². The lowest BCUT2D eigenvalue weighted by Gasteiger charge is -2.07.